The summed E-state index contributed by atoms with van der Waals surface area (Å²) in [5.74, 6) is -0.444. The molecule has 1 amide bonds. The van der Waals surface area contributed by atoms with Crippen LogP contribution in [0.4, 0.5) is 0 Å². The van der Waals surface area contributed by atoms with Gasteiger partial charge in [0, 0.05) is 17.7 Å². The summed E-state index contributed by atoms with van der Waals surface area (Å²) in [5, 5.41) is 11.7. The van der Waals surface area contributed by atoms with Gasteiger partial charge in [-0.15, -0.1) is 0 Å². The Morgan fingerprint density at radius 3 is 2.38 bits per heavy atom. The highest BCUT2D eigenvalue weighted by Crippen LogP contribution is 2.45. The summed E-state index contributed by atoms with van der Waals surface area (Å²) < 4.78 is 16.6. The van der Waals surface area contributed by atoms with Crippen molar-refractivity contribution < 1.29 is 28.9 Å². The Kier molecular flexibility index (Phi) is 9.83. The molecule has 8 nitrogen and oxygen atoms in total. The number of carbonyl (C=O) groups excluding carboxylic acids is 2. The maximum absolute atomic E-state index is 13.4. The molecule has 1 heterocycles. The number of nitrogens with zero attached hydrogens (tertiary/aromatic N) is 2. The van der Waals surface area contributed by atoms with E-state index in [-0.39, 0.29) is 16.4 Å². The number of aliphatic hydroxyl groups excluding tert-OH is 1. The van der Waals surface area contributed by atoms with E-state index in [2.05, 4.69) is 18.7 Å². The number of hydrogen-bond donors (Lipinski definition) is 1. The summed E-state index contributed by atoms with van der Waals surface area (Å²) in [6.45, 7) is 9.31. The predicted molar refractivity (Wildman–Crippen MR) is 144 cm³/mol. The van der Waals surface area contributed by atoms with Gasteiger partial charge in [0.05, 0.1) is 37.5 Å². The second kappa shape index (κ2) is 12.8. The monoisotopic (exact) mass is 530 g/mol. The van der Waals surface area contributed by atoms with Crippen molar-refractivity contribution in [2.75, 3.05) is 47.0 Å². The summed E-state index contributed by atoms with van der Waals surface area (Å²) in [4.78, 5) is 30.4. The smallest absolute Gasteiger partial charge is 0.295 e. The zero-order chi connectivity index (χ0) is 27.1. The Morgan fingerprint density at radius 1 is 1.05 bits per heavy atom. The molecule has 0 saturated carbocycles. The maximum Gasteiger partial charge on any atom is 0.295 e. The van der Waals surface area contributed by atoms with Crippen LogP contribution in [0.1, 0.15) is 44.4 Å². The number of Topliss-reactive ketones (excluding diaryl/α,β-unsaturated/α-hetero) is 1. The van der Waals surface area contributed by atoms with E-state index in [4.69, 9.17) is 25.8 Å². The number of methoxy groups -OCH3 is 2. The lowest BCUT2D eigenvalue weighted by molar-refractivity contribution is -0.140. The van der Waals surface area contributed by atoms with Gasteiger partial charge < -0.3 is 29.1 Å². The number of para-hydroxylation sites is 1. The first kappa shape index (κ1) is 28.3. The molecule has 200 valence electrons. The van der Waals surface area contributed by atoms with Crippen molar-refractivity contribution in [3.63, 3.8) is 0 Å². The van der Waals surface area contributed by atoms with Crippen LogP contribution in [0.25, 0.3) is 5.76 Å². The van der Waals surface area contributed by atoms with Crippen LogP contribution in [0, 0.1) is 0 Å². The second-order valence-corrected chi connectivity index (χ2v) is 8.94. The molecular formula is C28H35ClN2O6. The molecule has 37 heavy (non-hydrogen) atoms. The van der Waals surface area contributed by atoms with Crippen molar-refractivity contribution >= 4 is 29.1 Å². The van der Waals surface area contributed by atoms with E-state index in [1.807, 2.05) is 6.92 Å². The molecule has 0 spiro atoms. The number of ketones is 1. The van der Waals surface area contributed by atoms with E-state index in [1.54, 1.807) is 30.3 Å². The molecule has 1 fully saturated rings. The van der Waals surface area contributed by atoms with Crippen molar-refractivity contribution in [3.8, 4) is 17.2 Å². The minimum atomic E-state index is -0.868. The highest BCUT2D eigenvalue weighted by Gasteiger charge is 2.47. The Morgan fingerprint density at radius 2 is 1.78 bits per heavy atom. The fraction of sp³-hybridized carbons (Fsp3) is 0.429. The molecule has 0 bridgehead atoms. The molecule has 2 aromatic carbocycles. The first-order valence-electron chi connectivity index (χ1n) is 12.5. The molecular weight excluding hydrogens is 496 g/mol. The van der Waals surface area contributed by atoms with Gasteiger partial charge in [0.1, 0.15) is 11.5 Å². The third-order valence-electron chi connectivity index (χ3n) is 6.54. The summed E-state index contributed by atoms with van der Waals surface area (Å²) in [7, 11) is 3.02. The Bertz CT molecular complexity index is 1160. The third kappa shape index (κ3) is 5.86. The van der Waals surface area contributed by atoms with Crippen LogP contribution in [0.3, 0.4) is 0 Å². The van der Waals surface area contributed by atoms with Gasteiger partial charge in [-0.1, -0.05) is 37.6 Å². The highest BCUT2D eigenvalue weighted by atomic mass is 35.5. The zero-order valence-electron chi connectivity index (χ0n) is 22.0. The number of hydrogen-bond acceptors (Lipinski definition) is 7. The molecule has 2 aromatic rings. The Labute approximate surface area is 223 Å². The topological polar surface area (TPSA) is 88.5 Å². The van der Waals surface area contributed by atoms with E-state index in [0.29, 0.717) is 47.9 Å². The minimum absolute atomic E-state index is 0.0281. The molecule has 0 aliphatic carbocycles. The second-order valence-electron chi connectivity index (χ2n) is 8.53. The van der Waals surface area contributed by atoms with Crippen molar-refractivity contribution in [1.82, 2.24) is 9.80 Å². The maximum atomic E-state index is 13.4. The van der Waals surface area contributed by atoms with Crippen molar-refractivity contribution in [2.24, 2.45) is 0 Å². The number of likely N-dealkylation sites (tertiary alicyclic amines) is 1. The number of ether oxygens (including phenoxy) is 3. The van der Waals surface area contributed by atoms with E-state index in [9.17, 15) is 14.7 Å². The highest BCUT2D eigenvalue weighted by molar-refractivity contribution is 6.46. The fourth-order valence-corrected chi connectivity index (χ4v) is 4.88. The number of benzene rings is 2. The number of aliphatic hydroxyl groups is 1. The van der Waals surface area contributed by atoms with Gasteiger partial charge in [-0.25, -0.2) is 0 Å². The minimum Gasteiger partial charge on any atom is -0.507 e. The van der Waals surface area contributed by atoms with Crippen molar-refractivity contribution in [1.29, 1.82) is 0 Å². The standard InChI is InChI=1S/C28H35ClN2O6/c1-6-30(7-2)15-10-16-31-24(19-11-9-12-22(35-4)27(19)36-5)23(26(33)28(31)34)25(32)18-13-14-21(37-8-3)20(29)17-18/h9,11-14,17,24,32H,6-8,10,15-16H2,1-5H3/b25-23+/t24-/m1/s1. The third-order valence-corrected chi connectivity index (χ3v) is 6.84. The zero-order valence-corrected chi connectivity index (χ0v) is 22.8. The van der Waals surface area contributed by atoms with E-state index >= 15 is 0 Å². The van der Waals surface area contributed by atoms with Gasteiger partial charge in [0.2, 0.25) is 0 Å². The van der Waals surface area contributed by atoms with E-state index < -0.39 is 17.7 Å². The quantitative estimate of drug-likeness (QED) is 0.237. The van der Waals surface area contributed by atoms with Gasteiger partial charge in [-0.2, -0.15) is 0 Å². The van der Waals surface area contributed by atoms with Gasteiger partial charge in [0.25, 0.3) is 11.7 Å². The summed E-state index contributed by atoms with van der Waals surface area (Å²) in [6.07, 6.45) is 0.659. The molecule has 1 aliphatic heterocycles. The lowest BCUT2D eigenvalue weighted by Crippen LogP contribution is -2.33. The summed E-state index contributed by atoms with van der Waals surface area (Å²) in [6, 6.07) is 9.17. The molecule has 0 aromatic heterocycles. The van der Waals surface area contributed by atoms with E-state index in [0.717, 1.165) is 19.6 Å². The van der Waals surface area contributed by atoms with Gasteiger partial charge in [0.15, 0.2) is 11.5 Å². The first-order chi connectivity index (χ1) is 17.8. The van der Waals surface area contributed by atoms with Crippen LogP contribution in [0.15, 0.2) is 42.0 Å². The molecule has 1 saturated heterocycles. The predicted octanol–water partition coefficient (Wildman–Crippen LogP) is 4.91. The SMILES string of the molecule is CCOc1ccc(/C(O)=C2\C(=O)C(=O)N(CCCN(CC)CC)[C@@H]2c2cccc(OC)c2OC)cc1Cl. The molecule has 0 radical (unpaired) electrons. The normalized spacial score (nSPS) is 16.9. The van der Waals surface area contributed by atoms with Crippen molar-refractivity contribution in [3.05, 3.63) is 58.1 Å². The number of amides is 1. The summed E-state index contributed by atoms with van der Waals surface area (Å²) >= 11 is 6.36. The van der Waals surface area contributed by atoms with Crippen LogP contribution >= 0.6 is 11.6 Å². The molecule has 1 N–H and O–H groups in total. The Balaban J connectivity index is 2.14. The van der Waals surface area contributed by atoms with Crippen molar-refractivity contribution in [2.45, 2.75) is 33.2 Å². The fourth-order valence-electron chi connectivity index (χ4n) is 4.64. The van der Waals surface area contributed by atoms with Crippen LogP contribution in [0.5, 0.6) is 17.2 Å². The van der Waals surface area contributed by atoms with Gasteiger partial charge >= 0.3 is 0 Å². The van der Waals surface area contributed by atoms with Crippen LogP contribution < -0.4 is 14.2 Å². The Hall–Kier alpha value is -3.23. The molecule has 0 unspecified atom stereocenters. The molecule has 9 heteroatoms. The number of rotatable bonds is 12. The van der Waals surface area contributed by atoms with Crippen LogP contribution in [0.2, 0.25) is 5.02 Å². The molecule has 3 rings (SSSR count). The lowest BCUT2D eigenvalue weighted by Gasteiger charge is -2.28. The molecule has 1 aliphatic rings. The number of carbonyl (C=O) groups is 2. The number of halogens is 1. The van der Waals surface area contributed by atoms with Gasteiger partial charge in [-0.3, -0.25) is 9.59 Å². The van der Waals surface area contributed by atoms with E-state index in [1.165, 1.54) is 25.2 Å². The largest absolute Gasteiger partial charge is 0.507 e. The average molecular weight is 531 g/mol. The first-order valence-corrected chi connectivity index (χ1v) is 12.8. The summed E-state index contributed by atoms with van der Waals surface area (Å²) in [5.41, 5.74) is 0.823. The van der Waals surface area contributed by atoms with Crippen LogP contribution in [-0.4, -0.2) is 73.6 Å². The molecule has 1 atom stereocenters. The average Bonchev–Trinajstić information content (AvgIpc) is 3.16. The van der Waals surface area contributed by atoms with Gasteiger partial charge in [-0.05, 0) is 57.2 Å². The lowest BCUT2D eigenvalue weighted by atomic mass is 9.94. The van der Waals surface area contributed by atoms with Crippen LogP contribution in [-0.2, 0) is 9.59 Å².